The smallest absolute Gasteiger partial charge is 0.224 e. The third-order valence-electron chi connectivity index (χ3n) is 2.63. The fraction of sp³-hybridized carbons (Fsp3) is 0.429. The molecule has 5 heteroatoms. The van der Waals surface area contributed by atoms with E-state index in [4.69, 9.17) is 23.2 Å². The lowest BCUT2D eigenvalue weighted by atomic mass is 9.91. The van der Waals surface area contributed by atoms with Gasteiger partial charge in [-0.3, -0.25) is 9.59 Å². The zero-order valence-electron chi connectivity index (χ0n) is 11.2. The lowest BCUT2D eigenvalue weighted by Crippen LogP contribution is -2.36. The minimum absolute atomic E-state index is 0.00464. The van der Waals surface area contributed by atoms with Crippen molar-refractivity contribution in [2.75, 3.05) is 6.54 Å². The van der Waals surface area contributed by atoms with Crippen molar-refractivity contribution < 1.29 is 9.59 Å². The van der Waals surface area contributed by atoms with Gasteiger partial charge in [-0.1, -0.05) is 50.0 Å². The highest BCUT2D eigenvalue weighted by molar-refractivity contribution is 6.42. The molecule has 1 rings (SSSR count). The molecule has 0 unspecified atom stereocenters. The van der Waals surface area contributed by atoms with Gasteiger partial charge < -0.3 is 5.32 Å². The number of ketones is 1. The second kappa shape index (κ2) is 6.40. The van der Waals surface area contributed by atoms with Crippen LogP contribution in [0.2, 0.25) is 10.0 Å². The van der Waals surface area contributed by atoms with Crippen LogP contribution in [0.15, 0.2) is 18.2 Å². The molecule has 1 amide bonds. The summed E-state index contributed by atoms with van der Waals surface area (Å²) in [5.74, 6) is -0.217. The SMILES string of the molecule is CC(C)(C)C(=O)CNC(=O)Cc1ccc(Cl)c(Cl)c1. The van der Waals surface area contributed by atoms with E-state index in [1.807, 2.05) is 20.8 Å². The average molecular weight is 302 g/mol. The maximum atomic E-state index is 11.7. The standard InChI is InChI=1S/C14H17Cl2NO2/c1-14(2,3)12(18)8-17-13(19)7-9-4-5-10(15)11(16)6-9/h4-6H,7-8H2,1-3H3,(H,17,19). The van der Waals surface area contributed by atoms with E-state index in [1.54, 1.807) is 18.2 Å². The normalized spacial score (nSPS) is 11.2. The van der Waals surface area contributed by atoms with Gasteiger partial charge in [0.15, 0.2) is 5.78 Å². The summed E-state index contributed by atoms with van der Waals surface area (Å²) in [5, 5.41) is 3.47. The number of carbonyl (C=O) groups excluding carboxylic acids is 2. The predicted octanol–water partition coefficient (Wildman–Crippen LogP) is 3.27. The molecule has 0 saturated carbocycles. The second-order valence-corrected chi connectivity index (χ2v) is 6.19. The number of hydrogen-bond donors (Lipinski definition) is 1. The van der Waals surface area contributed by atoms with E-state index < -0.39 is 5.41 Å². The van der Waals surface area contributed by atoms with E-state index in [0.29, 0.717) is 10.0 Å². The fourth-order valence-electron chi connectivity index (χ4n) is 1.34. The molecule has 19 heavy (non-hydrogen) atoms. The van der Waals surface area contributed by atoms with Gasteiger partial charge in [0.2, 0.25) is 5.91 Å². The van der Waals surface area contributed by atoms with Crippen molar-refractivity contribution in [1.29, 1.82) is 0 Å². The van der Waals surface area contributed by atoms with Crippen molar-refractivity contribution in [3.8, 4) is 0 Å². The summed E-state index contributed by atoms with van der Waals surface area (Å²) >= 11 is 11.7. The first-order valence-electron chi connectivity index (χ1n) is 5.94. The second-order valence-electron chi connectivity index (χ2n) is 5.38. The number of benzene rings is 1. The third kappa shape index (κ3) is 5.21. The Hall–Kier alpha value is -1.06. The maximum Gasteiger partial charge on any atom is 0.224 e. The summed E-state index contributed by atoms with van der Waals surface area (Å²) in [5.41, 5.74) is 0.312. The van der Waals surface area contributed by atoms with Crippen LogP contribution in [-0.4, -0.2) is 18.2 Å². The first-order chi connectivity index (χ1) is 8.70. The van der Waals surface area contributed by atoms with Crippen molar-refractivity contribution >= 4 is 34.9 Å². The van der Waals surface area contributed by atoms with Crippen LogP contribution in [-0.2, 0) is 16.0 Å². The topological polar surface area (TPSA) is 46.2 Å². The molecule has 0 bridgehead atoms. The van der Waals surface area contributed by atoms with Crippen LogP contribution in [0, 0.1) is 5.41 Å². The summed E-state index contributed by atoms with van der Waals surface area (Å²) < 4.78 is 0. The Morgan fingerprint density at radius 1 is 1.16 bits per heavy atom. The van der Waals surface area contributed by atoms with Gasteiger partial charge in [-0.2, -0.15) is 0 Å². The van der Waals surface area contributed by atoms with Gasteiger partial charge in [-0.25, -0.2) is 0 Å². The molecule has 3 nitrogen and oxygen atoms in total. The molecule has 0 radical (unpaired) electrons. The molecule has 0 fully saturated rings. The number of carbonyl (C=O) groups is 2. The molecule has 0 saturated heterocycles. The van der Waals surface area contributed by atoms with Gasteiger partial charge in [0.25, 0.3) is 0 Å². The van der Waals surface area contributed by atoms with Crippen LogP contribution < -0.4 is 5.32 Å². The van der Waals surface area contributed by atoms with E-state index in [2.05, 4.69) is 5.32 Å². The van der Waals surface area contributed by atoms with E-state index in [9.17, 15) is 9.59 Å². The van der Waals surface area contributed by atoms with Crippen LogP contribution in [0.25, 0.3) is 0 Å². The van der Waals surface area contributed by atoms with Crippen molar-refractivity contribution in [3.05, 3.63) is 33.8 Å². The monoisotopic (exact) mass is 301 g/mol. The number of amides is 1. The van der Waals surface area contributed by atoms with E-state index in [1.165, 1.54) is 0 Å². The molecule has 1 aromatic carbocycles. The minimum Gasteiger partial charge on any atom is -0.349 e. The van der Waals surface area contributed by atoms with Crippen molar-refractivity contribution in [3.63, 3.8) is 0 Å². The highest BCUT2D eigenvalue weighted by Crippen LogP contribution is 2.22. The largest absolute Gasteiger partial charge is 0.349 e. The zero-order chi connectivity index (χ0) is 14.6. The molecule has 0 heterocycles. The van der Waals surface area contributed by atoms with Gasteiger partial charge in [-0.15, -0.1) is 0 Å². The number of hydrogen-bond acceptors (Lipinski definition) is 2. The summed E-state index contributed by atoms with van der Waals surface area (Å²) in [6.07, 6.45) is 0.175. The number of nitrogens with one attached hydrogen (secondary N) is 1. The molecule has 1 N–H and O–H groups in total. The summed E-state index contributed by atoms with van der Waals surface area (Å²) in [6.45, 7) is 5.50. The van der Waals surface area contributed by atoms with Crippen molar-refractivity contribution in [2.24, 2.45) is 5.41 Å². The summed E-state index contributed by atoms with van der Waals surface area (Å²) in [6, 6.07) is 5.03. The highest BCUT2D eigenvalue weighted by Gasteiger charge is 2.21. The van der Waals surface area contributed by atoms with E-state index in [-0.39, 0.29) is 24.7 Å². The van der Waals surface area contributed by atoms with Gasteiger partial charge in [-0.05, 0) is 17.7 Å². The van der Waals surface area contributed by atoms with Crippen LogP contribution >= 0.6 is 23.2 Å². The zero-order valence-corrected chi connectivity index (χ0v) is 12.7. The van der Waals surface area contributed by atoms with E-state index in [0.717, 1.165) is 5.56 Å². The van der Waals surface area contributed by atoms with Crippen molar-refractivity contribution in [1.82, 2.24) is 5.32 Å². The molecular formula is C14H17Cl2NO2. The Labute approximate surface area is 123 Å². The van der Waals surface area contributed by atoms with Gasteiger partial charge in [0, 0.05) is 5.41 Å². The van der Waals surface area contributed by atoms with Crippen LogP contribution in [0.5, 0.6) is 0 Å². The average Bonchev–Trinajstić information content (AvgIpc) is 2.29. The Bertz CT molecular complexity index is 493. The van der Waals surface area contributed by atoms with Gasteiger partial charge in [0.1, 0.15) is 0 Å². The molecule has 0 aliphatic heterocycles. The molecule has 104 valence electrons. The lowest BCUT2D eigenvalue weighted by molar-refractivity contribution is -0.128. The highest BCUT2D eigenvalue weighted by atomic mass is 35.5. The molecule has 0 spiro atoms. The van der Waals surface area contributed by atoms with Crippen LogP contribution in [0.4, 0.5) is 0 Å². The van der Waals surface area contributed by atoms with Gasteiger partial charge in [0.05, 0.1) is 23.0 Å². The Balaban J connectivity index is 2.52. The molecule has 0 aliphatic carbocycles. The Morgan fingerprint density at radius 2 is 1.79 bits per heavy atom. The minimum atomic E-state index is -0.448. The summed E-state index contributed by atoms with van der Waals surface area (Å²) in [7, 11) is 0. The van der Waals surface area contributed by atoms with Crippen LogP contribution in [0.3, 0.4) is 0 Å². The first kappa shape index (κ1) is 16.0. The molecule has 0 atom stereocenters. The number of Topliss-reactive ketones (excluding diaryl/α,β-unsaturated/α-hetero) is 1. The summed E-state index contributed by atoms with van der Waals surface area (Å²) in [4.78, 5) is 23.4. The number of halogens is 2. The van der Waals surface area contributed by atoms with Gasteiger partial charge >= 0.3 is 0 Å². The quantitative estimate of drug-likeness (QED) is 0.928. The van der Waals surface area contributed by atoms with E-state index >= 15 is 0 Å². The van der Waals surface area contributed by atoms with Crippen LogP contribution in [0.1, 0.15) is 26.3 Å². The Morgan fingerprint density at radius 3 is 2.32 bits per heavy atom. The first-order valence-corrected chi connectivity index (χ1v) is 6.69. The van der Waals surface area contributed by atoms with Crippen molar-refractivity contribution in [2.45, 2.75) is 27.2 Å². The molecule has 1 aromatic rings. The fourth-order valence-corrected chi connectivity index (χ4v) is 1.66. The number of rotatable bonds is 4. The lowest BCUT2D eigenvalue weighted by Gasteiger charge is -2.16. The third-order valence-corrected chi connectivity index (χ3v) is 3.37. The molecule has 0 aliphatic rings. The maximum absolute atomic E-state index is 11.7. The Kier molecular flexibility index (Phi) is 5.39. The predicted molar refractivity (Wildman–Crippen MR) is 77.6 cm³/mol. The molecular weight excluding hydrogens is 285 g/mol. The molecule has 0 aromatic heterocycles.